The molecule has 1 N–H and O–H groups in total. The van der Waals surface area contributed by atoms with Crippen LogP contribution in [0.4, 0.5) is 5.69 Å². The minimum Gasteiger partial charge on any atom is -0.380 e. The molecule has 0 aliphatic rings. The number of aromatic nitrogens is 2. The molecule has 0 fully saturated rings. The van der Waals surface area contributed by atoms with E-state index in [0.717, 1.165) is 16.9 Å². The van der Waals surface area contributed by atoms with Crippen LogP contribution in [-0.4, -0.2) is 9.78 Å². The summed E-state index contributed by atoms with van der Waals surface area (Å²) in [6.07, 6.45) is 2.02. The molecule has 2 rings (SSSR count). The van der Waals surface area contributed by atoms with Crippen molar-refractivity contribution >= 4 is 17.3 Å². The first kappa shape index (κ1) is 15.4. The van der Waals surface area contributed by atoms with Crippen LogP contribution in [0.25, 0.3) is 0 Å². The summed E-state index contributed by atoms with van der Waals surface area (Å²) in [5, 5.41) is 17.3. The van der Waals surface area contributed by atoms with Crippen molar-refractivity contribution in [3.63, 3.8) is 0 Å². The van der Waals surface area contributed by atoms with Crippen LogP contribution >= 0.6 is 11.6 Å². The van der Waals surface area contributed by atoms with Gasteiger partial charge in [0.05, 0.1) is 28.0 Å². The van der Waals surface area contributed by atoms with Gasteiger partial charge in [0.25, 0.3) is 0 Å². The molecule has 0 aliphatic carbocycles. The van der Waals surface area contributed by atoms with Gasteiger partial charge in [-0.1, -0.05) is 32.4 Å². The Balaban J connectivity index is 2.19. The Morgan fingerprint density at radius 2 is 2.10 bits per heavy atom. The fraction of sp³-hybridized carbons (Fsp3) is 0.375. The van der Waals surface area contributed by atoms with E-state index < -0.39 is 0 Å². The smallest absolute Gasteiger partial charge is 0.0992 e. The van der Waals surface area contributed by atoms with Crippen LogP contribution in [0.3, 0.4) is 0 Å². The number of nitriles is 1. The van der Waals surface area contributed by atoms with E-state index in [2.05, 4.69) is 37.3 Å². The summed E-state index contributed by atoms with van der Waals surface area (Å²) < 4.78 is 1.83. The molecule has 0 amide bonds. The number of aryl methyl sites for hydroxylation is 1. The van der Waals surface area contributed by atoms with E-state index >= 15 is 0 Å². The van der Waals surface area contributed by atoms with E-state index in [-0.39, 0.29) is 5.41 Å². The molecule has 21 heavy (non-hydrogen) atoms. The molecule has 1 aromatic carbocycles. The van der Waals surface area contributed by atoms with Crippen molar-refractivity contribution in [3.05, 3.63) is 46.2 Å². The maximum atomic E-state index is 8.85. The third kappa shape index (κ3) is 3.56. The number of nitrogens with zero attached hydrogens (tertiary/aromatic N) is 3. The lowest BCUT2D eigenvalue weighted by Crippen LogP contribution is -2.16. The minimum atomic E-state index is -0.00721. The van der Waals surface area contributed by atoms with Crippen molar-refractivity contribution in [2.24, 2.45) is 7.05 Å². The highest BCUT2D eigenvalue weighted by molar-refractivity contribution is 6.33. The van der Waals surface area contributed by atoms with Crippen LogP contribution in [0, 0.1) is 11.3 Å². The first-order chi connectivity index (χ1) is 9.81. The zero-order chi connectivity index (χ0) is 15.6. The van der Waals surface area contributed by atoms with Crippen LogP contribution < -0.4 is 5.32 Å². The predicted molar refractivity (Wildman–Crippen MR) is 85.4 cm³/mol. The number of nitrogens with one attached hydrogen (secondary N) is 1. The van der Waals surface area contributed by atoms with E-state index in [0.29, 0.717) is 17.1 Å². The van der Waals surface area contributed by atoms with Crippen molar-refractivity contribution in [1.82, 2.24) is 9.78 Å². The Bertz CT molecular complexity index is 689. The van der Waals surface area contributed by atoms with Crippen molar-refractivity contribution in [1.29, 1.82) is 5.26 Å². The van der Waals surface area contributed by atoms with Crippen molar-refractivity contribution in [2.45, 2.75) is 32.7 Å². The first-order valence-electron chi connectivity index (χ1n) is 6.78. The largest absolute Gasteiger partial charge is 0.380 e. The molecule has 4 nitrogen and oxygen atoms in total. The Hall–Kier alpha value is -1.99. The first-order valence-corrected chi connectivity index (χ1v) is 7.15. The molecule has 2 aromatic rings. The topological polar surface area (TPSA) is 53.6 Å². The van der Waals surface area contributed by atoms with Crippen LogP contribution in [0.5, 0.6) is 0 Å². The molecule has 0 aliphatic heterocycles. The van der Waals surface area contributed by atoms with Gasteiger partial charge in [-0.25, -0.2) is 0 Å². The van der Waals surface area contributed by atoms with Gasteiger partial charge in [-0.15, -0.1) is 0 Å². The lowest BCUT2D eigenvalue weighted by molar-refractivity contribution is 0.549. The second-order valence-corrected chi connectivity index (χ2v) is 6.49. The maximum Gasteiger partial charge on any atom is 0.0992 e. The molecule has 0 unspecified atom stereocenters. The molecule has 0 atom stereocenters. The highest BCUT2D eigenvalue weighted by Gasteiger charge is 2.21. The third-order valence-corrected chi connectivity index (χ3v) is 3.50. The lowest BCUT2D eigenvalue weighted by atomic mass is 9.89. The molecule has 0 radical (unpaired) electrons. The molecule has 0 spiro atoms. The molecular formula is C16H19ClN4. The van der Waals surface area contributed by atoms with Gasteiger partial charge in [0.2, 0.25) is 0 Å². The average molecular weight is 303 g/mol. The summed E-state index contributed by atoms with van der Waals surface area (Å²) in [5.41, 5.74) is 3.58. The number of benzene rings is 1. The van der Waals surface area contributed by atoms with E-state index in [1.807, 2.05) is 24.0 Å². The standard InChI is InChI=1S/C16H19ClN4/c1-16(2,3)15-12(10-21(4)20-15)9-19-14-6-5-11(8-18)7-13(14)17/h5-7,10,19H,9H2,1-4H3. The molecular weight excluding hydrogens is 284 g/mol. The van der Waals surface area contributed by atoms with Crippen LogP contribution in [0.1, 0.15) is 37.6 Å². The SMILES string of the molecule is Cn1cc(CNc2ccc(C#N)cc2Cl)c(C(C)(C)C)n1. The van der Waals surface area contributed by atoms with Crippen LogP contribution in [-0.2, 0) is 19.0 Å². The zero-order valence-corrected chi connectivity index (χ0v) is 13.5. The fourth-order valence-corrected chi connectivity index (χ4v) is 2.46. The van der Waals surface area contributed by atoms with Crippen LogP contribution in [0.15, 0.2) is 24.4 Å². The van der Waals surface area contributed by atoms with Gasteiger partial charge < -0.3 is 5.32 Å². The van der Waals surface area contributed by atoms with Gasteiger partial charge in [0, 0.05) is 30.8 Å². The highest BCUT2D eigenvalue weighted by atomic mass is 35.5. The number of hydrogen-bond donors (Lipinski definition) is 1. The zero-order valence-electron chi connectivity index (χ0n) is 12.7. The Morgan fingerprint density at radius 1 is 1.38 bits per heavy atom. The van der Waals surface area contributed by atoms with Gasteiger partial charge in [0.15, 0.2) is 0 Å². The monoisotopic (exact) mass is 302 g/mol. The highest BCUT2D eigenvalue weighted by Crippen LogP contribution is 2.27. The van der Waals surface area contributed by atoms with Gasteiger partial charge in [0.1, 0.15) is 0 Å². The van der Waals surface area contributed by atoms with Gasteiger partial charge >= 0.3 is 0 Å². The summed E-state index contributed by atoms with van der Waals surface area (Å²) in [6, 6.07) is 7.32. The Kier molecular flexibility index (Phi) is 4.24. The quantitative estimate of drug-likeness (QED) is 0.937. The average Bonchev–Trinajstić information content (AvgIpc) is 2.78. The summed E-state index contributed by atoms with van der Waals surface area (Å²) in [6.45, 7) is 7.08. The van der Waals surface area contributed by atoms with Crippen molar-refractivity contribution in [3.8, 4) is 6.07 Å². The molecule has 1 heterocycles. The molecule has 5 heteroatoms. The summed E-state index contributed by atoms with van der Waals surface area (Å²) >= 11 is 6.17. The Labute approximate surface area is 130 Å². The normalized spacial score (nSPS) is 11.2. The van der Waals surface area contributed by atoms with Crippen molar-refractivity contribution < 1.29 is 0 Å². The summed E-state index contributed by atoms with van der Waals surface area (Å²) in [7, 11) is 1.92. The maximum absolute atomic E-state index is 8.85. The molecule has 0 saturated heterocycles. The predicted octanol–water partition coefficient (Wildman–Crippen LogP) is 3.85. The van der Waals surface area contributed by atoms with Gasteiger partial charge in [-0.05, 0) is 18.2 Å². The minimum absolute atomic E-state index is 0.00721. The lowest BCUT2D eigenvalue weighted by Gasteiger charge is -2.18. The number of anilines is 1. The van der Waals surface area contributed by atoms with Gasteiger partial charge in [-0.3, -0.25) is 4.68 Å². The molecule has 110 valence electrons. The van der Waals surface area contributed by atoms with Gasteiger partial charge in [-0.2, -0.15) is 10.4 Å². The number of halogens is 1. The van der Waals surface area contributed by atoms with Crippen LogP contribution in [0.2, 0.25) is 5.02 Å². The Morgan fingerprint density at radius 3 is 2.67 bits per heavy atom. The number of hydrogen-bond acceptors (Lipinski definition) is 3. The summed E-state index contributed by atoms with van der Waals surface area (Å²) in [5.74, 6) is 0. The second-order valence-electron chi connectivity index (χ2n) is 6.09. The van der Waals surface area contributed by atoms with E-state index in [1.165, 1.54) is 0 Å². The van der Waals surface area contributed by atoms with E-state index in [4.69, 9.17) is 16.9 Å². The second kappa shape index (κ2) is 5.79. The summed E-state index contributed by atoms with van der Waals surface area (Å²) in [4.78, 5) is 0. The van der Waals surface area contributed by atoms with E-state index in [1.54, 1.807) is 12.1 Å². The number of rotatable bonds is 3. The van der Waals surface area contributed by atoms with Crippen molar-refractivity contribution in [2.75, 3.05) is 5.32 Å². The molecule has 0 saturated carbocycles. The third-order valence-electron chi connectivity index (χ3n) is 3.18. The molecule has 0 bridgehead atoms. The van der Waals surface area contributed by atoms with E-state index in [9.17, 15) is 0 Å². The fourth-order valence-electron chi connectivity index (χ4n) is 2.22. The molecule has 1 aromatic heterocycles.